The van der Waals surface area contributed by atoms with Crippen LogP contribution in [-0.2, 0) is 0 Å². The van der Waals surface area contributed by atoms with Crippen molar-refractivity contribution in [2.24, 2.45) is 0 Å². The minimum absolute atomic E-state index is 0.212. The van der Waals surface area contributed by atoms with Crippen molar-refractivity contribution in [1.82, 2.24) is 0 Å². The molecule has 0 saturated carbocycles. The number of phenolic OH excluding ortho intramolecular Hbond substituents is 2. The Morgan fingerprint density at radius 3 is 1.57 bits per heavy atom. The summed E-state index contributed by atoms with van der Waals surface area (Å²) in [7, 11) is 0. The lowest BCUT2D eigenvalue weighted by Crippen LogP contribution is -2.05. The number of aromatic hydroxyl groups is 2. The molecule has 3 aromatic carbocycles. The van der Waals surface area contributed by atoms with E-state index in [0.717, 1.165) is 27.8 Å². The first-order chi connectivity index (χ1) is 11.1. The van der Waals surface area contributed by atoms with Gasteiger partial charge in [0.15, 0.2) is 0 Å². The smallest absolute Gasteiger partial charge is 0.122 e. The Labute approximate surface area is 136 Å². The summed E-state index contributed by atoms with van der Waals surface area (Å²) in [5.74, 6) is 0.348. The molecule has 3 rings (SSSR count). The number of benzene rings is 3. The Hall–Kier alpha value is -2.74. The molecule has 0 spiro atoms. The van der Waals surface area contributed by atoms with Crippen molar-refractivity contribution in [3.8, 4) is 11.5 Å². The van der Waals surface area contributed by atoms with Crippen molar-refractivity contribution in [2.45, 2.75) is 19.8 Å². The second-order valence-corrected chi connectivity index (χ2v) is 5.87. The van der Waals surface area contributed by atoms with Crippen LogP contribution in [0.4, 0.5) is 0 Å². The van der Waals surface area contributed by atoms with Gasteiger partial charge in [-0.05, 0) is 30.5 Å². The normalized spacial score (nSPS) is 10.9. The highest BCUT2D eigenvalue weighted by Crippen LogP contribution is 2.41. The van der Waals surface area contributed by atoms with Gasteiger partial charge < -0.3 is 10.2 Å². The number of para-hydroxylation sites is 2. The van der Waals surface area contributed by atoms with Gasteiger partial charge in [0.1, 0.15) is 11.5 Å². The third-order valence-electron chi connectivity index (χ3n) is 4.29. The second kappa shape index (κ2) is 6.17. The Morgan fingerprint density at radius 1 is 0.609 bits per heavy atom. The number of hydrogen-bond donors (Lipinski definition) is 2. The van der Waals surface area contributed by atoms with E-state index in [0.29, 0.717) is 0 Å². The van der Waals surface area contributed by atoms with E-state index in [1.807, 2.05) is 80.6 Å². The van der Waals surface area contributed by atoms with Crippen LogP contribution in [0, 0.1) is 13.8 Å². The quantitative estimate of drug-likeness (QED) is 0.676. The zero-order chi connectivity index (χ0) is 16.4. The van der Waals surface area contributed by atoms with Crippen LogP contribution in [0.5, 0.6) is 11.5 Å². The summed E-state index contributed by atoms with van der Waals surface area (Å²) in [4.78, 5) is 0. The summed E-state index contributed by atoms with van der Waals surface area (Å²) < 4.78 is 0. The lowest BCUT2D eigenvalue weighted by molar-refractivity contribution is 0.454. The predicted octanol–water partition coefficient (Wildman–Crippen LogP) is 4.89. The van der Waals surface area contributed by atoms with E-state index in [9.17, 15) is 10.2 Å². The summed E-state index contributed by atoms with van der Waals surface area (Å²) >= 11 is 0. The largest absolute Gasteiger partial charge is 0.507 e. The lowest BCUT2D eigenvalue weighted by atomic mass is 9.83. The minimum atomic E-state index is -0.212. The first-order valence-electron chi connectivity index (χ1n) is 7.71. The Balaban J connectivity index is 2.27. The first kappa shape index (κ1) is 15.2. The fourth-order valence-electron chi connectivity index (χ4n) is 3.00. The zero-order valence-electron chi connectivity index (χ0n) is 13.3. The number of aryl methyl sites for hydroxylation is 2. The molecule has 0 aliphatic heterocycles. The molecule has 0 amide bonds. The third kappa shape index (κ3) is 2.80. The van der Waals surface area contributed by atoms with E-state index in [1.165, 1.54) is 0 Å². The van der Waals surface area contributed by atoms with Crippen molar-refractivity contribution in [3.05, 3.63) is 94.5 Å². The summed E-state index contributed by atoms with van der Waals surface area (Å²) in [5, 5.41) is 21.1. The van der Waals surface area contributed by atoms with Gasteiger partial charge in [-0.1, -0.05) is 66.7 Å². The summed E-state index contributed by atoms with van der Waals surface area (Å²) in [6.45, 7) is 3.77. The molecule has 0 heterocycles. The van der Waals surface area contributed by atoms with Crippen molar-refractivity contribution in [3.63, 3.8) is 0 Å². The third-order valence-corrected chi connectivity index (χ3v) is 4.29. The molecule has 0 aliphatic rings. The van der Waals surface area contributed by atoms with Crippen LogP contribution in [0.3, 0.4) is 0 Å². The highest BCUT2D eigenvalue weighted by atomic mass is 16.3. The lowest BCUT2D eigenvalue weighted by Gasteiger charge is -2.22. The standard InChI is InChI=1S/C21H20O2/c1-14-8-6-12-17(20(14)22)19(16-10-4-3-5-11-16)18-13-7-9-15(2)21(18)23/h3-13,19,22-23H,1-2H3. The van der Waals surface area contributed by atoms with Crippen LogP contribution >= 0.6 is 0 Å². The van der Waals surface area contributed by atoms with Gasteiger partial charge in [0.05, 0.1) is 0 Å². The van der Waals surface area contributed by atoms with Gasteiger partial charge in [0.2, 0.25) is 0 Å². The maximum Gasteiger partial charge on any atom is 0.122 e. The monoisotopic (exact) mass is 304 g/mol. The van der Waals surface area contributed by atoms with Crippen molar-refractivity contribution in [1.29, 1.82) is 0 Å². The molecule has 3 aromatic rings. The van der Waals surface area contributed by atoms with Crippen molar-refractivity contribution >= 4 is 0 Å². The average Bonchev–Trinajstić information content (AvgIpc) is 2.56. The fourth-order valence-corrected chi connectivity index (χ4v) is 3.00. The van der Waals surface area contributed by atoms with E-state index in [-0.39, 0.29) is 17.4 Å². The van der Waals surface area contributed by atoms with E-state index in [1.54, 1.807) is 0 Å². The van der Waals surface area contributed by atoms with Gasteiger partial charge in [-0.25, -0.2) is 0 Å². The van der Waals surface area contributed by atoms with E-state index >= 15 is 0 Å². The molecule has 0 radical (unpaired) electrons. The molecule has 0 atom stereocenters. The zero-order valence-corrected chi connectivity index (χ0v) is 13.3. The van der Waals surface area contributed by atoms with Gasteiger partial charge in [-0.15, -0.1) is 0 Å². The van der Waals surface area contributed by atoms with Crippen molar-refractivity contribution in [2.75, 3.05) is 0 Å². The molecule has 2 nitrogen and oxygen atoms in total. The maximum atomic E-state index is 10.6. The number of hydrogen-bond acceptors (Lipinski definition) is 2. The number of rotatable bonds is 3. The van der Waals surface area contributed by atoms with Crippen LogP contribution in [0.15, 0.2) is 66.7 Å². The van der Waals surface area contributed by atoms with Gasteiger partial charge in [-0.2, -0.15) is 0 Å². The molecule has 0 saturated heterocycles. The van der Waals surface area contributed by atoms with Gasteiger partial charge in [-0.3, -0.25) is 0 Å². The highest BCUT2D eigenvalue weighted by Gasteiger charge is 2.23. The maximum absolute atomic E-state index is 10.6. The molecule has 2 N–H and O–H groups in total. The van der Waals surface area contributed by atoms with Gasteiger partial charge in [0, 0.05) is 17.0 Å². The SMILES string of the molecule is Cc1cccc(C(c2ccccc2)c2cccc(C)c2O)c1O. The molecule has 0 fully saturated rings. The molecule has 0 aromatic heterocycles. The molecular formula is C21H20O2. The topological polar surface area (TPSA) is 40.5 Å². The molecule has 0 aliphatic carbocycles. The Morgan fingerprint density at radius 2 is 1.09 bits per heavy atom. The molecule has 2 heteroatoms. The highest BCUT2D eigenvalue weighted by molar-refractivity contribution is 5.55. The summed E-state index contributed by atoms with van der Waals surface area (Å²) in [6.07, 6.45) is 0. The molecule has 116 valence electrons. The van der Waals surface area contributed by atoms with E-state index < -0.39 is 0 Å². The molecule has 23 heavy (non-hydrogen) atoms. The average molecular weight is 304 g/mol. The van der Waals surface area contributed by atoms with E-state index in [2.05, 4.69) is 0 Å². The molecule has 0 unspecified atom stereocenters. The Kier molecular flexibility index (Phi) is 4.07. The van der Waals surface area contributed by atoms with Crippen LogP contribution in [0.2, 0.25) is 0 Å². The van der Waals surface area contributed by atoms with Crippen molar-refractivity contribution < 1.29 is 10.2 Å². The summed E-state index contributed by atoms with van der Waals surface area (Å²) in [5.41, 5.74) is 4.30. The first-order valence-corrected chi connectivity index (χ1v) is 7.71. The molecule has 0 bridgehead atoms. The minimum Gasteiger partial charge on any atom is -0.507 e. The van der Waals surface area contributed by atoms with Crippen LogP contribution < -0.4 is 0 Å². The summed E-state index contributed by atoms with van der Waals surface area (Å²) in [6, 6.07) is 21.4. The second-order valence-electron chi connectivity index (χ2n) is 5.87. The predicted molar refractivity (Wildman–Crippen MR) is 93.1 cm³/mol. The Bertz CT molecular complexity index is 771. The van der Waals surface area contributed by atoms with Crippen LogP contribution in [0.1, 0.15) is 33.7 Å². The van der Waals surface area contributed by atoms with Gasteiger partial charge >= 0.3 is 0 Å². The van der Waals surface area contributed by atoms with Crippen LogP contribution in [-0.4, -0.2) is 10.2 Å². The van der Waals surface area contributed by atoms with Crippen LogP contribution in [0.25, 0.3) is 0 Å². The fraction of sp³-hybridized carbons (Fsp3) is 0.143. The number of phenols is 2. The van der Waals surface area contributed by atoms with E-state index in [4.69, 9.17) is 0 Å². The van der Waals surface area contributed by atoms with Gasteiger partial charge in [0.25, 0.3) is 0 Å². The molecular weight excluding hydrogens is 284 g/mol.